The fourth-order valence-corrected chi connectivity index (χ4v) is 8.69. The van der Waals surface area contributed by atoms with E-state index in [0.29, 0.717) is 0 Å². The predicted octanol–water partition coefficient (Wildman–Crippen LogP) is 6.02. The molecule has 5 aromatic rings. The van der Waals surface area contributed by atoms with Crippen LogP contribution in [0.25, 0.3) is 10.8 Å². The number of aryl methyl sites for hydroxylation is 3. The maximum absolute atomic E-state index is 4.14. The fraction of sp³-hybridized carbons (Fsp3) is 0.0968. The van der Waals surface area contributed by atoms with E-state index in [1.54, 1.807) is 0 Å². The maximum atomic E-state index is 4.14. The van der Waals surface area contributed by atoms with Gasteiger partial charge in [-0.2, -0.15) is 0 Å². The largest absolute Gasteiger partial charge is 0.288 e. The second kappa shape index (κ2) is 9.91. The van der Waals surface area contributed by atoms with E-state index < -0.39 is 7.92 Å². The van der Waals surface area contributed by atoms with Gasteiger partial charge in [0, 0.05) is 0 Å². The Morgan fingerprint density at radius 2 is 1.15 bits per heavy atom. The third kappa shape index (κ3) is 4.38. The first-order chi connectivity index (χ1) is 16.5. The highest BCUT2D eigenvalue weighted by molar-refractivity contribution is 9.25. The van der Waals surface area contributed by atoms with E-state index in [-0.39, 0.29) is 5.54 Å². The highest BCUT2D eigenvalue weighted by Crippen LogP contribution is 2.35. The van der Waals surface area contributed by atoms with Crippen LogP contribution in [-0.2, 0) is 0 Å². The summed E-state index contributed by atoms with van der Waals surface area (Å²) in [5.41, 5.74) is 6.82. The van der Waals surface area contributed by atoms with Gasteiger partial charge in [-0.05, 0) is 55.4 Å². The van der Waals surface area contributed by atoms with Crippen molar-refractivity contribution < 1.29 is 0 Å². The minimum Gasteiger partial charge on any atom is -0.143 e. The van der Waals surface area contributed by atoms with E-state index in [1.165, 1.54) is 54.3 Å². The van der Waals surface area contributed by atoms with Gasteiger partial charge in [-0.15, -0.1) is 15.8 Å². The summed E-state index contributed by atoms with van der Waals surface area (Å²) >= 11 is 4.14. The standard InChI is InChI=1S/C31H27BBrP/c1-22-20-23(2)31(24(3)21-22)32(33)28-18-10-12-25-13-11-19-29(30(25)28)34(26-14-6-4-7-15-26)27-16-8-5-9-17-27/h4-21H,1-3H3. The molecule has 0 heterocycles. The van der Waals surface area contributed by atoms with Crippen molar-refractivity contribution in [2.45, 2.75) is 20.8 Å². The molecule has 3 heteroatoms. The van der Waals surface area contributed by atoms with Crippen molar-refractivity contribution in [2.75, 3.05) is 0 Å². The van der Waals surface area contributed by atoms with E-state index in [9.17, 15) is 0 Å². The Bertz CT molecular complexity index is 1380. The van der Waals surface area contributed by atoms with Crippen LogP contribution < -0.4 is 26.8 Å². The molecule has 0 saturated carbocycles. The summed E-state index contributed by atoms with van der Waals surface area (Å²) in [6, 6.07) is 40.1. The third-order valence-electron chi connectivity index (χ3n) is 6.45. The average Bonchev–Trinajstić information content (AvgIpc) is 2.84. The van der Waals surface area contributed by atoms with Gasteiger partial charge in [0.2, 0.25) is 0 Å². The van der Waals surface area contributed by atoms with Crippen molar-refractivity contribution >= 4 is 66.8 Å². The van der Waals surface area contributed by atoms with Crippen molar-refractivity contribution in [2.24, 2.45) is 0 Å². The minimum atomic E-state index is -0.697. The summed E-state index contributed by atoms with van der Waals surface area (Å²) < 4.78 is 0. The second-order valence-electron chi connectivity index (χ2n) is 8.90. The third-order valence-corrected chi connectivity index (χ3v) is 9.88. The molecule has 0 aromatic heterocycles. The number of halogens is 1. The molecule has 0 atom stereocenters. The van der Waals surface area contributed by atoms with Gasteiger partial charge >= 0.3 is 0 Å². The molecule has 0 aliphatic heterocycles. The minimum absolute atomic E-state index is 0.126. The summed E-state index contributed by atoms with van der Waals surface area (Å²) in [7, 11) is -0.697. The van der Waals surface area contributed by atoms with Crippen LogP contribution in [0.15, 0.2) is 109 Å². The molecule has 0 N–H and O–H groups in total. The molecule has 0 amide bonds. The lowest BCUT2D eigenvalue weighted by Crippen LogP contribution is -2.42. The fourth-order valence-electron chi connectivity index (χ4n) is 5.08. The van der Waals surface area contributed by atoms with E-state index >= 15 is 0 Å². The summed E-state index contributed by atoms with van der Waals surface area (Å²) in [4.78, 5) is 0. The second-order valence-corrected chi connectivity index (χ2v) is 12.0. The normalized spacial score (nSPS) is 11.2. The molecule has 0 fully saturated rings. The molecule has 34 heavy (non-hydrogen) atoms. The maximum Gasteiger partial charge on any atom is 0.288 e. The Morgan fingerprint density at radius 1 is 0.618 bits per heavy atom. The summed E-state index contributed by atoms with van der Waals surface area (Å²) in [6.07, 6.45) is 0. The zero-order valence-corrected chi connectivity index (χ0v) is 22.3. The predicted molar refractivity (Wildman–Crippen MR) is 157 cm³/mol. The Balaban J connectivity index is 1.78. The lowest BCUT2D eigenvalue weighted by atomic mass is 9.59. The first-order valence-electron chi connectivity index (χ1n) is 11.7. The smallest absolute Gasteiger partial charge is 0.143 e. The number of hydrogen-bond donors (Lipinski definition) is 0. The highest BCUT2D eigenvalue weighted by Gasteiger charge is 2.26. The molecule has 0 nitrogen and oxygen atoms in total. The van der Waals surface area contributed by atoms with Gasteiger partial charge < -0.3 is 0 Å². The van der Waals surface area contributed by atoms with Crippen LogP contribution in [0.2, 0.25) is 0 Å². The first-order valence-corrected chi connectivity index (χ1v) is 13.9. The molecular weight excluding hydrogens is 494 g/mol. The molecular formula is C31H27BBrP. The van der Waals surface area contributed by atoms with Gasteiger partial charge in [0.15, 0.2) is 0 Å². The van der Waals surface area contributed by atoms with Gasteiger partial charge in [0.05, 0.1) is 0 Å². The topological polar surface area (TPSA) is 0 Å². The molecule has 0 aliphatic carbocycles. The van der Waals surface area contributed by atoms with Crippen LogP contribution in [0.4, 0.5) is 0 Å². The molecule has 0 aliphatic rings. The van der Waals surface area contributed by atoms with Crippen LogP contribution in [0.3, 0.4) is 0 Å². The summed E-state index contributed by atoms with van der Waals surface area (Å²) in [5.74, 6) is 0. The van der Waals surface area contributed by atoms with Crippen molar-refractivity contribution in [3.63, 3.8) is 0 Å². The molecule has 5 aromatic carbocycles. The molecule has 0 unspecified atom stereocenters. The molecule has 5 rings (SSSR count). The highest BCUT2D eigenvalue weighted by atomic mass is 79.9. The molecule has 0 spiro atoms. The van der Waals surface area contributed by atoms with Crippen molar-refractivity contribution in [1.29, 1.82) is 0 Å². The van der Waals surface area contributed by atoms with Crippen molar-refractivity contribution in [3.05, 3.63) is 126 Å². The van der Waals surface area contributed by atoms with E-state index in [1.807, 2.05) is 0 Å². The van der Waals surface area contributed by atoms with Gasteiger partial charge in [-0.1, -0.05) is 137 Å². The Kier molecular flexibility index (Phi) is 6.73. The van der Waals surface area contributed by atoms with Gasteiger partial charge in [0.25, 0.3) is 5.54 Å². The lowest BCUT2D eigenvalue weighted by molar-refractivity contribution is 1.35. The summed E-state index contributed by atoms with van der Waals surface area (Å²) in [6.45, 7) is 6.64. The molecule has 0 bridgehead atoms. The number of fused-ring (bicyclic) bond motifs is 1. The Hall–Kier alpha value is -2.67. The zero-order chi connectivity index (χ0) is 23.7. The van der Waals surface area contributed by atoms with Gasteiger partial charge in [0.1, 0.15) is 0 Å². The number of hydrogen-bond acceptors (Lipinski definition) is 0. The zero-order valence-electron chi connectivity index (χ0n) is 19.8. The average molecular weight is 521 g/mol. The van der Waals surface area contributed by atoms with Crippen LogP contribution in [0.1, 0.15) is 16.7 Å². The van der Waals surface area contributed by atoms with Crippen LogP contribution in [-0.4, -0.2) is 5.54 Å². The Labute approximate surface area is 212 Å². The Morgan fingerprint density at radius 3 is 1.71 bits per heavy atom. The SMILES string of the molecule is Cc1cc(C)c(B(Br)c2cccc3cccc(P(c4ccccc4)c4ccccc4)c23)c(C)c1. The molecule has 0 radical (unpaired) electrons. The van der Waals surface area contributed by atoms with Gasteiger partial charge in [-0.3, -0.25) is 0 Å². The molecule has 0 saturated heterocycles. The molecule has 166 valence electrons. The van der Waals surface area contributed by atoms with E-state index in [2.05, 4.69) is 146 Å². The quantitative estimate of drug-likeness (QED) is 0.196. The number of rotatable bonds is 5. The first kappa shape index (κ1) is 23.1. The monoisotopic (exact) mass is 520 g/mol. The van der Waals surface area contributed by atoms with Crippen molar-refractivity contribution in [1.82, 2.24) is 0 Å². The van der Waals surface area contributed by atoms with E-state index in [0.717, 1.165) is 0 Å². The number of benzene rings is 5. The van der Waals surface area contributed by atoms with Crippen LogP contribution in [0.5, 0.6) is 0 Å². The van der Waals surface area contributed by atoms with E-state index in [4.69, 9.17) is 0 Å². The van der Waals surface area contributed by atoms with Crippen LogP contribution in [0, 0.1) is 20.8 Å². The van der Waals surface area contributed by atoms with Gasteiger partial charge in [-0.25, -0.2) is 0 Å². The van der Waals surface area contributed by atoms with Crippen LogP contribution >= 0.6 is 23.7 Å². The van der Waals surface area contributed by atoms with Crippen molar-refractivity contribution in [3.8, 4) is 0 Å². The summed E-state index contributed by atoms with van der Waals surface area (Å²) in [5, 5.41) is 6.82. The lowest BCUT2D eigenvalue weighted by Gasteiger charge is -2.24.